The quantitative estimate of drug-likeness (QED) is 0.590. The monoisotopic (exact) mass is 356 g/mol. The maximum absolute atomic E-state index is 10.7. The summed E-state index contributed by atoms with van der Waals surface area (Å²) in [6.07, 6.45) is 1.36. The van der Waals surface area contributed by atoms with Crippen LogP contribution in [0, 0.1) is 6.92 Å². The highest BCUT2D eigenvalue weighted by Crippen LogP contribution is 2.30. The lowest BCUT2D eigenvalue weighted by atomic mass is 9.94. The van der Waals surface area contributed by atoms with E-state index in [9.17, 15) is 5.11 Å². The summed E-state index contributed by atoms with van der Waals surface area (Å²) >= 11 is 11.9. The third-order valence-electron chi connectivity index (χ3n) is 4.20. The molecule has 0 fully saturated rings. The summed E-state index contributed by atoms with van der Waals surface area (Å²) in [6.45, 7) is 2.02. The van der Waals surface area contributed by atoms with Crippen LogP contribution in [-0.2, 0) is 12.8 Å². The molecule has 0 unspecified atom stereocenters. The van der Waals surface area contributed by atoms with Gasteiger partial charge in [0.05, 0.1) is 0 Å². The second-order valence-corrected chi connectivity index (χ2v) is 6.85. The molecule has 0 saturated carbocycles. The second kappa shape index (κ2) is 7.29. The second-order valence-electron chi connectivity index (χ2n) is 5.98. The van der Waals surface area contributed by atoms with Gasteiger partial charge in [0.15, 0.2) is 0 Å². The average Bonchev–Trinajstić information content (AvgIpc) is 2.58. The molecule has 0 aromatic heterocycles. The number of hydrogen-bond acceptors (Lipinski definition) is 1. The van der Waals surface area contributed by atoms with Crippen LogP contribution in [0.15, 0.2) is 60.7 Å². The number of hydrogen-bond donors (Lipinski definition) is 1. The lowest BCUT2D eigenvalue weighted by Crippen LogP contribution is -1.97. The van der Waals surface area contributed by atoms with Gasteiger partial charge in [0.2, 0.25) is 0 Å². The van der Waals surface area contributed by atoms with Crippen LogP contribution in [0.3, 0.4) is 0 Å². The zero-order chi connectivity index (χ0) is 17.1. The van der Waals surface area contributed by atoms with Gasteiger partial charge < -0.3 is 5.11 Å². The van der Waals surface area contributed by atoms with Crippen molar-refractivity contribution in [2.75, 3.05) is 0 Å². The van der Waals surface area contributed by atoms with Crippen LogP contribution in [0.4, 0.5) is 0 Å². The van der Waals surface area contributed by atoms with E-state index in [0.29, 0.717) is 18.6 Å². The molecule has 24 heavy (non-hydrogen) atoms. The molecule has 1 nitrogen and oxygen atoms in total. The Morgan fingerprint density at radius 3 is 1.75 bits per heavy atom. The molecule has 3 aromatic carbocycles. The fourth-order valence-corrected chi connectivity index (χ4v) is 3.03. The molecule has 0 spiro atoms. The van der Waals surface area contributed by atoms with Gasteiger partial charge in [-0.3, -0.25) is 0 Å². The molecule has 3 heteroatoms. The van der Waals surface area contributed by atoms with Gasteiger partial charge >= 0.3 is 0 Å². The highest BCUT2D eigenvalue weighted by Gasteiger charge is 2.12. The van der Waals surface area contributed by atoms with Crippen molar-refractivity contribution in [3.05, 3.63) is 98.5 Å². The minimum atomic E-state index is 0.375. The van der Waals surface area contributed by atoms with Crippen molar-refractivity contribution in [3.8, 4) is 5.75 Å². The molecule has 0 aliphatic carbocycles. The highest BCUT2D eigenvalue weighted by molar-refractivity contribution is 6.30. The van der Waals surface area contributed by atoms with Crippen LogP contribution >= 0.6 is 23.2 Å². The summed E-state index contributed by atoms with van der Waals surface area (Å²) in [5.41, 5.74) is 5.22. The first-order chi connectivity index (χ1) is 11.5. The van der Waals surface area contributed by atoms with E-state index >= 15 is 0 Å². The molecule has 0 amide bonds. The summed E-state index contributed by atoms with van der Waals surface area (Å²) in [6, 6.07) is 19.5. The van der Waals surface area contributed by atoms with Crippen molar-refractivity contribution in [2.45, 2.75) is 19.8 Å². The van der Waals surface area contributed by atoms with Crippen molar-refractivity contribution < 1.29 is 5.11 Å². The number of benzene rings is 3. The minimum Gasteiger partial charge on any atom is -0.507 e. The number of aromatic hydroxyl groups is 1. The first kappa shape index (κ1) is 16.9. The molecule has 0 aliphatic heterocycles. The van der Waals surface area contributed by atoms with Crippen molar-refractivity contribution in [3.63, 3.8) is 0 Å². The van der Waals surface area contributed by atoms with Crippen LogP contribution in [-0.4, -0.2) is 5.11 Å². The highest BCUT2D eigenvalue weighted by atomic mass is 35.5. The molecular formula is C21H18Cl2O. The molecule has 3 rings (SSSR count). The fourth-order valence-electron chi connectivity index (χ4n) is 2.78. The first-order valence-electron chi connectivity index (χ1n) is 7.82. The maximum atomic E-state index is 10.7. The van der Waals surface area contributed by atoms with Crippen LogP contribution in [0.2, 0.25) is 10.0 Å². The van der Waals surface area contributed by atoms with Crippen molar-refractivity contribution in [1.82, 2.24) is 0 Å². The molecule has 0 bridgehead atoms. The van der Waals surface area contributed by atoms with E-state index in [4.69, 9.17) is 23.2 Å². The zero-order valence-electron chi connectivity index (χ0n) is 13.4. The molecule has 0 heterocycles. The molecule has 0 radical (unpaired) electrons. The lowest BCUT2D eigenvalue weighted by molar-refractivity contribution is 0.463. The summed E-state index contributed by atoms with van der Waals surface area (Å²) < 4.78 is 0. The Morgan fingerprint density at radius 2 is 1.21 bits per heavy atom. The number of phenolic OH excluding ortho intramolecular Hbond substituents is 1. The average molecular weight is 357 g/mol. The molecule has 3 aromatic rings. The normalized spacial score (nSPS) is 10.8. The van der Waals surface area contributed by atoms with Gasteiger partial charge in [-0.2, -0.15) is 0 Å². The topological polar surface area (TPSA) is 20.2 Å². The number of rotatable bonds is 4. The van der Waals surface area contributed by atoms with Crippen molar-refractivity contribution in [1.29, 1.82) is 0 Å². The Bertz CT molecular complexity index is 837. The summed E-state index contributed by atoms with van der Waals surface area (Å²) in [4.78, 5) is 0. The predicted octanol–water partition coefficient (Wildman–Crippen LogP) is 6.19. The standard InChI is InChI=1S/C21H18Cl2O/c1-14-2-7-17(12-15-3-8-18(22)9-4-15)21(24)20(14)13-16-5-10-19(23)11-6-16/h2-11,24H,12-13H2,1H3. The van der Waals surface area contributed by atoms with E-state index in [0.717, 1.165) is 37.9 Å². The Balaban J connectivity index is 1.89. The lowest BCUT2D eigenvalue weighted by Gasteiger charge is -2.13. The molecule has 1 N–H and O–H groups in total. The van der Waals surface area contributed by atoms with Crippen LogP contribution in [0.5, 0.6) is 5.75 Å². The van der Waals surface area contributed by atoms with Crippen LogP contribution in [0.1, 0.15) is 27.8 Å². The minimum absolute atomic E-state index is 0.375. The number of phenols is 1. The van der Waals surface area contributed by atoms with Gasteiger partial charge in [0.1, 0.15) is 5.75 Å². The van der Waals surface area contributed by atoms with E-state index in [-0.39, 0.29) is 0 Å². The van der Waals surface area contributed by atoms with E-state index < -0.39 is 0 Å². The third kappa shape index (κ3) is 3.92. The number of aryl methyl sites for hydroxylation is 1. The van der Waals surface area contributed by atoms with Gasteiger partial charge in [-0.15, -0.1) is 0 Å². The van der Waals surface area contributed by atoms with E-state index in [1.807, 2.05) is 61.5 Å². The summed E-state index contributed by atoms with van der Waals surface area (Å²) in [5.74, 6) is 0.375. The molecule has 0 aliphatic rings. The van der Waals surface area contributed by atoms with Gasteiger partial charge in [0, 0.05) is 28.5 Å². The maximum Gasteiger partial charge on any atom is 0.122 e. The Kier molecular flexibility index (Phi) is 5.13. The van der Waals surface area contributed by atoms with Gasteiger partial charge in [-0.1, -0.05) is 59.6 Å². The third-order valence-corrected chi connectivity index (χ3v) is 4.71. The van der Waals surface area contributed by atoms with Crippen LogP contribution < -0.4 is 0 Å². The van der Waals surface area contributed by atoms with Gasteiger partial charge in [0.25, 0.3) is 0 Å². The molecule has 0 atom stereocenters. The smallest absolute Gasteiger partial charge is 0.122 e. The Labute approximate surface area is 152 Å². The van der Waals surface area contributed by atoms with Crippen LogP contribution in [0.25, 0.3) is 0 Å². The zero-order valence-corrected chi connectivity index (χ0v) is 14.9. The van der Waals surface area contributed by atoms with Gasteiger partial charge in [-0.05, 0) is 53.4 Å². The molecule has 122 valence electrons. The van der Waals surface area contributed by atoms with E-state index in [1.165, 1.54) is 0 Å². The molecule has 0 saturated heterocycles. The fraction of sp³-hybridized carbons (Fsp3) is 0.143. The summed E-state index contributed by atoms with van der Waals surface area (Å²) in [5, 5.41) is 12.2. The Hall–Kier alpha value is -1.96. The molecular weight excluding hydrogens is 339 g/mol. The van der Waals surface area contributed by atoms with Gasteiger partial charge in [-0.25, -0.2) is 0 Å². The number of halogens is 2. The first-order valence-corrected chi connectivity index (χ1v) is 8.58. The van der Waals surface area contributed by atoms with Crippen molar-refractivity contribution >= 4 is 23.2 Å². The largest absolute Gasteiger partial charge is 0.507 e. The SMILES string of the molecule is Cc1ccc(Cc2ccc(Cl)cc2)c(O)c1Cc1ccc(Cl)cc1. The van der Waals surface area contributed by atoms with E-state index in [1.54, 1.807) is 0 Å². The predicted molar refractivity (Wildman–Crippen MR) is 101 cm³/mol. The van der Waals surface area contributed by atoms with E-state index in [2.05, 4.69) is 6.07 Å². The summed E-state index contributed by atoms with van der Waals surface area (Å²) in [7, 11) is 0. The van der Waals surface area contributed by atoms with Crippen molar-refractivity contribution in [2.24, 2.45) is 0 Å². The Morgan fingerprint density at radius 1 is 0.708 bits per heavy atom.